The molecule has 0 radical (unpaired) electrons. The van der Waals surface area contributed by atoms with Crippen molar-refractivity contribution in [2.75, 3.05) is 39.6 Å². The molecule has 0 amide bonds. The topological polar surface area (TPSA) is 237 Å². The smallest absolute Gasteiger partial charge is 0.462 e. The molecule has 3 N–H and O–H groups in total. The van der Waals surface area contributed by atoms with Gasteiger partial charge in [-0.05, 0) is 43.4 Å². The third kappa shape index (κ3) is 74.3. The molecule has 0 rings (SSSR count). The Morgan fingerprint density at radius 1 is 0.270 bits per heavy atom. The summed E-state index contributed by atoms with van der Waals surface area (Å²) in [6.07, 6.45) is 59.7. The molecular formula is C81H158O17P2. The Hall–Kier alpha value is -1.94. The Morgan fingerprint density at radius 2 is 0.460 bits per heavy atom. The van der Waals surface area contributed by atoms with Gasteiger partial charge in [-0.25, -0.2) is 9.13 Å². The molecule has 0 fully saturated rings. The summed E-state index contributed by atoms with van der Waals surface area (Å²) >= 11 is 0. The molecule has 0 saturated carbocycles. The van der Waals surface area contributed by atoms with Crippen molar-refractivity contribution in [1.82, 2.24) is 0 Å². The van der Waals surface area contributed by atoms with Gasteiger partial charge in [0, 0.05) is 25.7 Å². The lowest BCUT2D eigenvalue weighted by Crippen LogP contribution is -2.30. The van der Waals surface area contributed by atoms with Crippen molar-refractivity contribution in [3.05, 3.63) is 0 Å². The van der Waals surface area contributed by atoms with Crippen LogP contribution < -0.4 is 0 Å². The van der Waals surface area contributed by atoms with Crippen molar-refractivity contribution < 1.29 is 80.2 Å². The van der Waals surface area contributed by atoms with E-state index in [0.717, 1.165) is 114 Å². The van der Waals surface area contributed by atoms with Gasteiger partial charge in [0.15, 0.2) is 12.2 Å². The van der Waals surface area contributed by atoms with Crippen LogP contribution in [0.1, 0.15) is 421 Å². The predicted molar refractivity (Wildman–Crippen MR) is 409 cm³/mol. The molecule has 0 spiro atoms. The number of phosphoric acid groups is 2. The maximum Gasteiger partial charge on any atom is 0.472 e. The molecule has 5 atom stereocenters. The van der Waals surface area contributed by atoms with E-state index in [1.807, 2.05) is 0 Å². The van der Waals surface area contributed by atoms with Gasteiger partial charge in [-0.15, -0.1) is 0 Å². The molecule has 0 bridgehead atoms. The molecule has 0 aliphatic rings. The highest BCUT2D eigenvalue weighted by Crippen LogP contribution is 2.45. The summed E-state index contributed by atoms with van der Waals surface area (Å²) in [4.78, 5) is 72.9. The van der Waals surface area contributed by atoms with Crippen LogP contribution in [0.15, 0.2) is 0 Å². The van der Waals surface area contributed by atoms with Gasteiger partial charge in [0.2, 0.25) is 0 Å². The number of carbonyl (C=O) groups is 4. The maximum absolute atomic E-state index is 13.1. The summed E-state index contributed by atoms with van der Waals surface area (Å²) in [5.41, 5.74) is 0. The monoisotopic (exact) mass is 1470 g/mol. The minimum atomic E-state index is -4.96. The number of aliphatic hydroxyl groups excluding tert-OH is 1. The summed E-state index contributed by atoms with van der Waals surface area (Å²) in [6, 6.07) is 0. The van der Waals surface area contributed by atoms with Crippen molar-refractivity contribution in [2.45, 2.75) is 439 Å². The van der Waals surface area contributed by atoms with Gasteiger partial charge in [0.1, 0.15) is 19.3 Å². The van der Waals surface area contributed by atoms with E-state index in [1.165, 1.54) is 225 Å². The zero-order valence-electron chi connectivity index (χ0n) is 65.7. The SMILES string of the molecule is CCCCCCCCCCC(=O)OC[C@H](COP(=O)(O)OC[C@H](O)COP(=O)(O)OC[C@@H](COC(=O)CCCCCCCCCCCCCCCCCC(C)C)OC(=O)CCCCCCCCCCCCCCCCCC(C)C)OC(=O)CCCCCCCCCCCCCCCC(C)C. The van der Waals surface area contributed by atoms with Crippen molar-refractivity contribution in [3.63, 3.8) is 0 Å². The average molecular weight is 1470 g/mol. The van der Waals surface area contributed by atoms with E-state index in [-0.39, 0.29) is 25.7 Å². The van der Waals surface area contributed by atoms with Gasteiger partial charge in [0.25, 0.3) is 0 Å². The number of rotatable bonds is 79. The van der Waals surface area contributed by atoms with E-state index in [0.29, 0.717) is 25.7 Å². The molecule has 0 aliphatic carbocycles. The van der Waals surface area contributed by atoms with Crippen LogP contribution in [-0.2, 0) is 65.4 Å². The molecule has 0 aliphatic heterocycles. The van der Waals surface area contributed by atoms with Crippen molar-refractivity contribution in [3.8, 4) is 0 Å². The highest BCUT2D eigenvalue weighted by molar-refractivity contribution is 7.47. The number of hydrogen-bond acceptors (Lipinski definition) is 15. The van der Waals surface area contributed by atoms with Crippen LogP contribution in [0.4, 0.5) is 0 Å². The Morgan fingerprint density at radius 3 is 0.680 bits per heavy atom. The minimum absolute atomic E-state index is 0.107. The van der Waals surface area contributed by atoms with E-state index < -0.39 is 97.5 Å². The third-order valence-electron chi connectivity index (χ3n) is 18.9. The quantitative estimate of drug-likeness (QED) is 0.0222. The van der Waals surface area contributed by atoms with Crippen LogP contribution in [0.5, 0.6) is 0 Å². The fraction of sp³-hybridized carbons (Fsp3) is 0.951. The van der Waals surface area contributed by atoms with Crippen LogP contribution >= 0.6 is 15.6 Å². The molecule has 100 heavy (non-hydrogen) atoms. The van der Waals surface area contributed by atoms with Crippen molar-refractivity contribution in [2.24, 2.45) is 17.8 Å². The largest absolute Gasteiger partial charge is 0.472 e. The normalized spacial score (nSPS) is 14.0. The van der Waals surface area contributed by atoms with Crippen LogP contribution in [-0.4, -0.2) is 96.7 Å². The van der Waals surface area contributed by atoms with E-state index in [2.05, 4.69) is 48.5 Å². The third-order valence-corrected chi connectivity index (χ3v) is 20.8. The van der Waals surface area contributed by atoms with E-state index in [4.69, 9.17) is 37.0 Å². The minimum Gasteiger partial charge on any atom is -0.462 e. The van der Waals surface area contributed by atoms with E-state index in [9.17, 15) is 43.2 Å². The first-order valence-corrected chi connectivity index (χ1v) is 44.8. The molecule has 0 heterocycles. The van der Waals surface area contributed by atoms with Gasteiger partial charge in [0.05, 0.1) is 26.4 Å². The predicted octanol–water partition coefficient (Wildman–Crippen LogP) is 24.1. The summed E-state index contributed by atoms with van der Waals surface area (Å²) < 4.78 is 68.7. The summed E-state index contributed by atoms with van der Waals surface area (Å²) in [5, 5.41) is 10.6. The molecule has 0 aromatic rings. The molecular weight excluding hydrogens is 1310 g/mol. The van der Waals surface area contributed by atoms with Crippen LogP contribution in [0.25, 0.3) is 0 Å². The first-order chi connectivity index (χ1) is 48.2. The lowest BCUT2D eigenvalue weighted by atomic mass is 10.0. The first kappa shape index (κ1) is 98.1. The molecule has 0 saturated heterocycles. The Balaban J connectivity index is 5.21. The highest BCUT2D eigenvalue weighted by Gasteiger charge is 2.30. The fourth-order valence-electron chi connectivity index (χ4n) is 12.5. The molecule has 0 aromatic heterocycles. The molecule has 19 heteroatoms. The first-order valence-electron chi connectivity index (χ1n) is 41.8. The van der Waals surface area contributed by atoms with Crippen LogP contribution in [0, 0.1) is 17.8 Å². The van der Waals surface area contributed by atoms with Crippen molar-refractivity contribution >= 4 is 39.5 Å². The van der Waals surface area contributed by atoms with Gasteiger partial charge >= 0.3 is 39.5 Å². The number of phosphoric ester groups is 2. The van der Waals surface area contributed by atoms with E-state index in [1.54, 1.807) is 0 Å². The van der Waals surface area contributed by atoms with E-state index >= 15 is 0 Å². The maximum atomic E-state index is 13.1. The van der Waals surface area contributed by atoms with Gasteiger partial charge in [-0.3, -0.25) is 37.3 Å². The lowest BCUT2D eigenvalue weighted by Gasteiger charge is -2.21. The number of ether oxygens (including phenoxy) is 4. The summed E-state index contributed by atoms with van der Waals surface area (Å²) in [6.45, 7) is 12.0. The van der Waals surface area contributed by atoms with Crippen LogP contribution in [0.2, 0.25) is 0 Å². The number of hydrogen-bond donors (Lipinski definition) is 3. The summed E-state index contributed by atoms with van der Waals surface area (Å²) in [7, 11) is -9.92. The second-order valence-corrected chi connectivity index (χ2v) is 33.5. The molecule has 2 unspecified atom stereocenters. The van der Waals surface area contributed by atoms with Crippen molar-refractivity contribution in [1.29, 1.82) is 0 Å². The Labute approximate surface area is 613 Å². The second kappa shape index (κ2) is 71.3. The molecule has 594 valence electrons. The Bertz CT molecular complexity index is 1940. The number of esters is 4. The van der Waals surface area contributed by atoms with Gasteiger partial charge < -0.3 is 33.8 Å². The number of unbranched alkanes of at least 4 members (excludes halogenated alkanes) is 47. The fourth-order valence-corrected chi connectivity index (χ4v) is 14.1. The summed E-state index contributed by atoms with van der Waals surface area (Å²) in [5.74, 6) is 0.283. The lowest BCUT2D eigenvalue weighted by molar-refractivity contribution is -0.161. The highest BCUT2D eigenvalue weighted by atomic mass is 31.2. The second-order valence-electron chi connectivity index (χ2n) is 30.6. The average Bonchev–Trinajstić information content (AvgIpc) is 0.991. The van der Waals surface area contributed by atoms with Gasteiger partial charge in [-0.2, -0.15) is 0 Å². The number of carbonyl (C=O) groups excluding carboxylic acids is 4. The zero-order valence-corrected chi connectivity index (χ0v) is 67.5. The molecule has 0 aromatic carbocycles. The Kier molecular flexibility index (Phi) is 69.9. The van der Waals surface area contributed by atoms with Gasteiger partial charge in [-0.1, -0.05) is 370 Å². The standard InChI is InChI=1S/C81H158O17P2/c1-8-9-10-11-12-41-48-55-62-78(83)91-68-76(97-80(85)65-58-51-44-37-31-25-19-22-28-34-40-47-54-61-74(6)7)70-95-99(87,88)93-66-75(82)67-94-100(89,90)96-71-77(98-81(86)64-57-50-43-36-30-24-18-14-16-21-27-33-39-46-53-60-73(4)5)69-92-79(84)63-56-49-42-35-29-23-17-13-15-20-26-32-38-45-52-59-72(2)3/h72-77,82H,8-71H2,1-7H3,(H,87,88)(H,89,90)/t75-,76+,77+/m0/s1. The number of aliphatic hydroxyl groups is 1. The zero-order chi connectivity index (χ0) is 73.7. The molecule has 17 nitrogen and oxygen atoms in total. The van der Waals surface area contributed by atoms with Crippen LogP contribution in [0.3, 0.4) is 0 Å².